The molecule has 4 unspecified atom stereocenters. The maximum absolute atomic E-state index is 6.33. The number of methoxy groups -OCH3 is 1. The van der Waals surface area contributed by atoms with Crippen molar-refractivity contribution in [2.45, 2.75) is 44.4 Å². The third kappa shape index (κ3) is 6.63. The summed E-state index contributed by atoms with van der Waals surface area (Å²) in [6.45, 7) is 6.05. The first-order valence-corrected chi connectivity index (χ1v) is 11.5. The fraction of sp³-hybridized carbons (Fsp3) is 0.310. The molecule has 0 bridgehead atoms. The largest absolute Gasteiger partial charge is 0.374 e. The first-order valence-electron chi connectivity index (χ1n) is 11.5. The monoisotopic (exact) mass is 460 g/mol. The van der Waals surface area contributed by atoms with Crippen molar-refractivity contribution in [3.8, 4) is 0 Å². The smallest absolute Gasteiger partial charge is 0.187 e. The van der Waals surface area contributed by atoms with E-state index in [1.165, 1.54) is 0 Å². The molecule has 34 heavy (non-hydrogen) atoms. The molecule has 0 aromatic heterocycles. The van der Waals surface area contributed by atoms with Crippen molar-refractivity contribution >= 4 is 0 Å². The zero-order valence-electron chi connectivity index (χ0n) is 19.5. The van der Waals surface area contributed by atoms with E-state index in [4.69, 9.17) is 23.7 Å². The van der Waals surface area contributed by atoms with E-state index in [0.29, 0.717) is 26.4 Å². The van der Waals surface area contributed by atoms with E-state index < -0.39 is 18.5 Å². The summed E-state index contributed by atoms with van der Waals surface area (Å²) >= 11 is 0. The highest BCUT2D eigenvalue weighted by Gasteiger charge is 2.42. The van der Waals surface area contributed by atoms with Crippen LogP contribution in [-0.4, -0.2) is 38.3 Å². The molecule has 5 nitrogen and oxygen atoms in total. The van der Waals surface area contributed by atoms with Crippen LogP contribution in [0, 0.1) is 0 Å². The van der Waals surface area contributed by atoms with Crippen LogP contribution in [0.3, 0.4) is 0 Å². The fourth-order valence-electron chi connectivity index (χ4n) is 3.98. The maximum Gasteiger partial charge on any atom is 0.187 e. The summed E-state index contributed by atoms with van der Waals surface area (Å²) < 4.78 is 30.5. The van der Waals surface area contributed by atoms with Crippen LogP contribution in [0.15, 0.2) is 103 Å². The molecule has 0 amide bonds. The van der Waals surface area contributed by atoms with Crippen molar-refractivity contribution in [2.75, 3.05) is 13.7 Å². The summed E-state index contributed by atoms with van der Waals surface area (Å²) in [5.41, 5.74) is 4.04. The normalized spacial score (nSPS) is 22.6. The van der Waals surface area contributed by atoms with E-state index in [9.17, 15) is 0 Å². The minimum Gasteiger partial charge on any atom is -0.374 e. The van der Waals surface area contributed by atoms with Gasteiger partial charge in [-0.15, -0.1) is 0 Å². The van der Waals surface area contributed by atoms with Crippen molar-refractivity contribution < 1.29 is 23.7 Å². The number of ether oxygens (including phenoxy) is 5. The predicted molar refractivity (Wildman–Crippen MR) is 131 cm³/mol. The first-order chi connectivity index (χ1) is 16.7. The Bertz CT molecular complexity index is 993. The van der Waals surface area contributed by atoms with Gasteiger partial charge in [0.05, 0.1) is 26.4 Å². The molecule has 4 atom stereocenters. The third-order valence-corrected chi connectivity index (χ3v) is 5.80. The lowest BCUT2D eigenvalue weighted by Gasteiger charge is -2.42. The molecule has 0 N–H and O–H groups in total. The molecule has 1 aliphatic heterocycles. The number of rotatable bonds is 11. The van der Waals surface area contributed by atoms with Gasteiger partial charge in [0.15, 0.2) is 6.29 Å². The van der Waals surface area contributed by atoms with E-state index in [-0.39, 0.29) is 6.10 Å². The van der Waals surface area contributed by atoms with Gasteiger partial charge in [0.2, 0.25) is 0 Å². The Morgan fingerprint density at radius 2 is 1.15 bits per heavy atom. The highest BCUT2D eigenvalue weighted by atomic mass is 16.7. The van der Waals surface area contributed by atoms with Gasteiger partial charge in [-0.05, 0) is 22.3 Å². The third-order valence-electron chi connectivity index (χ3n) is 5.80. The van der Waals surface area contributed by atoms with Crippen molar-refractivity contribution in [1.29, 1.82) is 0 Å². The lowest BCUT2D eigenvalue weighted by atomic mass is 9.96. The average molecular weight is 461 g/mol. The van der Waals surface area contributed by atoms with E-state index in [1.807, 2.05) is 91.0 Å². The number of benzene rings is 3. The first kappa shape index (κ1) is 24.3. The molecule has 0 spiro atoms. The van der Waals surface area contributed by atoms with Crippen LogP contribution in [0.1, 0.15) is 16.7 Å². The number of hydrogen-bond acceptors (Lipinski definition) is 5. The van der Waals surface area contributed by atoms with Crippen molar-refractivity contribution in [1.82, 2.24) is 0 Å². The Labute approximate surface area is 201 Å². The summed E-state index contributed by atoms with van der Waals surface area (Å²) in [5, 5.41) is 0. The van der Waals surface area contributed by atoms with Crippen LogP contribution in [0.5, 0.6) is 0 Å². The molecular formula is C29H32O5. The highest BCUT2D eigenvalue weighted by molar-refractivity contribution is 5.19. The molecule has 1 saturated heterocycles. The molecule has 0 saturated carbocycles. The summed E-state index contributed by atoms with van der Waals surface area (Å²) in [4.78, 5) is 0. The molecule has 1 heterocycles. The summed E-state index contributed by atoms with van der Waals surface area (Å²) in [5.74, 6) is 0. The Hall–Kier alpha value is -2.80. The zero-order valence-corrected chi connectivity index (χ0v) is 19.5. The number of hydrogen-bond donors (Lipinski definition) is 0. The zero-order chi connectivity index (χ0) is 23.6. The summed E-state index contributed by atoms with van der Waals surface area (Å²) in [6.07, 6.45) is -1.83. The van der Waals surface area contributed by atoms with Crippen molar-refractivity contribution in [2.24, 2.45) is 0 Å². The molecular weight excluding hydrogens is 428 g/mol. The molecule has 3 aromatic carbocycles. The van der Waals surface area contributed by atoms with E-state index in [1.54, 1.807) is 7.11 Å². The molecule has 1 aliphatic rings. The predicted octanol–water partition coefficient (Wildman–Crippen LogP) is 5.30. The van der Waals surface area contributed by atoms with Crippen LogP contribution in [0.25, 0.3) is 0 Å². The fourth-order valence-corrected chi connectivity index (χ4v) is 3.98. The lowest BCUT2D eigenvalue weighted by molar-refractivity contribution is -0.260. The lowest BCUT2D eigenvalue weighted by Crippen LogP contribution is -2.53. The molecule has 4 rings (SSSR count). The van der Waals surface area contributed by atoms with Crippen LogP contribution in [0.4, 0.5) is 0 Å². The quantitative estimate of drug-likeness (QED) is 0.363. The SMILES string of the molecule is C=C1C(OCc2ccccc2)C(COCc2ccccc2)OC(OC)C1OCc1ccccc1. The highest BCUT2D eigenvalue weighted by Crippen LogP contribution is 2.31. The van der Waals surface area contributed by atoms with Gasteiger partial charge < -0.3 is 23.7 Å². The minimum absolute atomic E-state index is 0.346. The van der Waals surface area contributed by atoms with E-state index in [0.717, 1.165) is 22.3 Å². The molecule has 1 fully saturated rings. The van der Waals surface area contributed by atoms with Gasteiger partial charge in [-0.2, -0.15) is 0 Å². The van der Waals surface area contributed by atoms with Crippen LogP contribution < -0.4 is 0 Å². The standard InChI is InChI=1S/C29H32O5/c1-22-27(32-19-24-14-8-4-9-15-24)26(21-31-18-23-12-6-3-7-13-23)34-29(30-2)28(22)33-20-25-16-10-5-11-17-25/h3-17,26-29H,1,18-21H2,2H3. The van der Waals surface area contributed by atoms with Crippen LogP contribution in [0.2, 0.25) is 0 Å². The molecule has 3 aromatic rings. The average Bonchev–Trinajstić information content (AvgIpc) is 2.89. The molecule has 0 aliphatic carbocycles. The Morgan fingerprint density at radius 1 is 0.676 bits per heavy atom. The van der Waals surface area contributed by atoms with Crippen molar-refractivity contribution in [3.05, 3.63) is 120 Å². The van der Waals surface area contributed by atoms with E-state index in [2.05, 4.69) is 6.58 Å². The Kier molecular flexibility index (Phi) is 9.02. The van der Waals surface area contributed by atoms with Crippen LogP contribution in [-0.2, 0) is 43.5 Å². The maximum atomic E-state index is 6.33. The summed E-state index contributed by atoms with van der Waals surface area (Å²) in [7, 11) is 1.61. The molecule has 178 valence electrons. The second-order valence-corrected chi connectivity index (χ2v) is 8.29. The minimum atomic E-state index is -0.599. The molecule has 5 heteroatoms. The van der Waals surface area contributed by atoms with E-state index >= 15 is 0 Å². The Morgan fingerprint density at radius 3 is 1.65 bits per heavy atom. The second kappa shape index (κ2) is 12.6. The van der Waals surface area contributed by atoms with Gasteiger partial charge in [-0.25, -0.2) is 0 Å². The van der Waals surface area contributed by atoms with Gasteiger partial charge in [-0.3, -0.25) is 0 Å². The molecule has 0 radical (unpaired) electrons. The van der Waals surface area contributed by atoms with Gasteiger partial charge in [-0.1, -0.05) is 97.6 Å². The Balaban J connectivity index is 1.45. The van der Waals surface area contributed by atoms with Gasteiger partial charge in [0.1, 0.15) is 18.3 Å². The topological polar surface area (TPSA) is 46.2 Å². The summed E-state index contributed by atoms with van der Waals surface area (Å²) in [6, 6.07) is 30.1. The van der Waals surface area contributed by atoms with Gasteiger partial charge in [0.25, 0.3) is 0 Å². The van der Waals surface area contributed by atoms with Crippen molar-refractivity contribution in [3.63, 3.8) is 0 Å². The van der Waals surface area contributed by atoms with Gasteiger partial charge >= 0.3 is 0 Å². The van der Waals surface area contributed by atoms with Crippen LogP contribution >= 0.6 is 0 Å². The van der Waals surface area contributed by atoms with Gasteiger partial charge in [0, 0.05) is 7.11 Å². The second-order valence-electron chi connectivity index (χ2n) is 8.29.